The molecule has 0 atom stereocenters. The molecule has 0 radical (unpaired) electrons. The number of carbonyl (C=O) groups is 2. The summed E-state index contributed by atoms with van der Waals surface area (Å²) in [6.07, 6.45) is 1.66. The lowest BCUT2D eigenvalue weighted by Crippen LogP contribution is -2.46. The first kappa shape index (κ1) is 16.9. The Balaban J connectivity index is 2.75. The van der Waals surface area contributed by atoms with Crippen LogP contribution in [0, 0.1) is 0 Å². The summed E-state index contributed by atoms with van der Waals surface area (Å²) in [5, 5.41) is 8.91. The molecule has 1 aromatic rings. The van der Waals surface area contributed by atoms with Crippen molar-refractivity contribution in [1.29, 1.82) is 0 Å². The van der Waals surface area contributed by atoms with Gasteiger partial charge in [0.15, 0.2) is 0 Å². The van der Waals surface area contributed by atoms with Gasteiger partial charge in [-0.05, 0) is 19.1 Å². The van der Waals surface area contributed by atoms with Crippen molar-refractivity contribution in [3.05, 3.63) is 30.1 Å². The second-order valence-corrected chi connectivity index (χ2v) is 4.43. The van der Waals surface area contributed by atoms with Gasteiger partial charge in [0.1, 0.15) is 6.54 Å². The van der Waals surface area contributed by atoms with E-state index in [0.717, 1.165) is 5.69 Å². The van der Waals surface area contributed by atoms with Crippen LogP contribution in [0.5, 0.6) is 0 Å². The Kier molecular flexibility index (Phi) is 7.17. The molecule has 0 aliphatic heterocycles. The van der Waals surface area contributed by atoms with E-state index < -0.39 is 5.97 Å². The minimum Gasteiger partial charge on any atom is -0.480 e. The van der Waals surface area contributed by atoms with Gasteiger partial charge in [0, 0.05) is 26.4 Å². The van der Waals surface area contributed by atoms with E-state index in [1.165, 1.54) is 12.0 Å². The molecule has 0 fully saturated rings. The molecule has 0 aliphatic carbocycles. The summed E-state index contributed by atoms with van der Waals surface area (Å²) >= 11 is 0. The molecule has 1 aromatic heterocycles. The van der Waals surface area contributed by atoms with Gasteiger partial charge in [-0.1, -0.05) is 6.07 Å². The van der Waals surface area contributed by atoms with Crippen LogP contribution < -0.4 is 0 Å². The molecule has 0 spiro atoms. The zero-order valence-corrected chi connectivity index (χ0v) is 12.4. The summed E-state index contributed by atoms with van der Waals surface area (Å²) in [7, 11) is 1.51. The zero-order valence-electron chi connectivity index (χ0n) is 12.4. The lowest BCUT2D eigenvalue weighted by atomic mass is 10.3. The van der Waals surface area contributed by atoms with Crippen molar-refractivity contribution >= 4 is 12.0 Å². The van der Waals surface area contributed by atoms with Gasteiger partial charge in [0.25, 0.3) is 0 Å². The average molecular weight is 295 g/mol. The average Bonchev–Trinajstić information content (AvgIpc) is 2.49. The van der Waals surface area contributed by atoms with Crippen LogP contribution in [0.1, 0.15) is 12.6 Å². The van der Waals surface area contributed by atoms with Gasteiger partial charge in [0.2, 0.25) is 0 Å². The van der Waals surface area contributed by atoms with Crippen molar-refractivity contribution < 1.29 is 19.4 Å². The number of pyridine rings is 1. The van der Waals surface area contributed by atoms with Crippen molar-refractivity contribution in [3.63, 3.8) is 0 Å². The number of methoxy groups -OCH3 is 1. The molecule has 1 heterocycles. The van der Waals surface area contributed by atoms with E-state index in [9.17, 15) is 9.59 Å². The molecule has 0 saturated carbocycles. The number of aliphatic carboxylic acids is 1. The van der Waals surface area contributed by atoms with Crippen molar-refractivity contribution in [2.24, 2.45) is 0 Å². The highest BCUT2D eigenvalue weighted by Gasteiger charge is 2.22. The summed E-state index contributed by atoms with van der Waals surface area (Å²) < 4.78 is 4.92. The number of rotatable bonds is 8. The van der Waals surface area contributed by atoms with E-state index >= 15 is 0 Å². The van der Waals surface area contributed by atoms with E-state index in [1.54, 1.807) is 17.2 Å². The predicted octanol–water partition coefficient (Wildman–Crippen LogP) is 1.06. The lowest BCUT2D eigenvalue weighted by Gasteiger charge is -2.28. The number of carbonyl (C=O) groups excluding carboxylic acids is 1. The highest BCUT2D eigenvalue weighted by molar-refractivity contribution is 5.80. The van der Waals surface area contributed by atoms with Crippen LogP contribution in [-0.4, -0.2) is 65.2 Å². The number of hydrogen-bond donors (Lipinski definition) is 1. The first-order chi connectivity index (χ1) is 10.1. The molecule has 0 saturated heterocycles. The third-order valence-electron chi connectivity index (χ3n) is 2.89. The van der Waals surface area contributed by atoms with Crippen molar-refractivity contribution in [2.75, 3.05) is 33.4 Å². The van der Waals surface area contributed by atoms with Crippen LogP contribution in [0.2, 0.25) is 0 Å². The normalized spacial score (nSPS) is 10.2. The topological polar surface area (TPSA) is 83.0 Å². The van der Waals surface area contributed by atoms with Gasteiger partial charge >= 0.3 is 12.0 Å². The van der Waals surface area contributed by atoms with Crippen molar-refractivity contribution in [2.45, 2.75) is 13.5 Å². The fourth-order valence-corrected chi connectivity index (χ4v) is 1.81. The maximum atomic E-state index is 12.4. The third-order valence-corrected chi connectivity index (χ3v) is 2.89. The van der Waals surface area contributed by atoms with Crippen LogP contribution in [0.25, 0.3) is 0 Å². The molecule has 0 aliphatic rings. The highest BCUT2D eigenvalue weighted by atomic mass is 16.5. The van der Waals surface area contributed by atoms with Crippen LogP contribution >= 0.6 is 0 Å². The molecule has 21 heavy (non-hydrogen) atoms. The minimum atomic E-state index is -1.05. The van der Waals surface area contributed by atoms with Crippen LogP contribution in [0.15, 0.2) is 24.4 Å². The second kappa shape index (κ2) is 8.91. The first-order valence-electron chi connectivity index (χ1n) is 6.73. The molecular formula is C14H21N3O4. The fourth-order valence-electron chi connectivity index (χ4n) is 1.81. The van der Waals surface area contributed by atoms with E-state index in [0.29, 0.717) is 19.7 Å². The van der Waals surface area contributed by atoms with E-state index in [4.69, 9.17) is 9.84 Å². The summed E-state index contributed by atoms with van der Waals surface area (Å²) in [6, 6.07) is 5.15. The number of aromatic nitrogens is 1. The van der Waals surface area contributed by atoms with Gasteiger partial charge in [-0.15, -0.1) is 0 Å². The Morgan fingerprint density at radius 1 is 1.33 bits per heavy atom. The lowest BCUT2D eigenvalue weighted by molar-refractivity contribution is -0.137. The van der Waals surface area contributed by atoms with Crippen molar-refractivity contribution in [1.82, 2.24) is 14.8 Å². The third kappa shape index (κ3) is 5.78. The maximum Gasteiger partial charge on any atom is 0.323 e. The predicted molar refractivity (Wildman–Crippen MR) is 76.8 cm³/mol. The van der Waals surface area contributed by atoms with Gasteiger partial charge < -0.3 is 19.6 Å². The van der Waals surface area contributed by atoms with Gasteiger partial charge in [-0.3, -0.25) is 9.78 Å². The van der Waals surface area contributed by atoms with Crippen LogP contribution in [0.3, 0.4) is 0 Å². The number of carboxylic acids is 1. The molecule has 0 unspecified atom stereocenters. The van der Waals surface area contributed by atoms with E-state index in [1.807, 2.05) is 19.1 Å². The standard InChI is InChI=1S/C14H21N3O4/c1-3-16(10-12-6-4-5-7-15-12)14(20)17(8-9-21-2)11-13(18)19/h4-7H,3,8-11H2,1-2H3,(H,18,19). The highest BCUT2D eigenvalue weighted by Crippen LogP contribution is 2.05. The molecule has 116 valence electrons. The summed E-state index contributed by atoms with van der Waals surface area (Å²) in [4.78, 5) is 30.3. The summed E-state index contributed by atoms with van der Waals surface area (Å²) in [5.74, 6) is -1.05. The Hall–Kier alpha value is -2.15. The Morgan fingerprint density at radius 3 is 2.62 bits per heavy atom. The summed E-state index contributed by atoms with van der Waals surface area (Å²) in [6.45, 7) is 2.84. The van der Waals surface area contributed by atoms with E-state index in [2.05, 4.69) is 4.98 Å². The number of amides is 2. The monoisotopic (exact) mass is 295 g/mol. The number of urea groups is 1. The SMILES string of the molecule is CCN(Cc1ccccn1)C(=O)N(CCOC)CC(=O)O. The Labute approximate surface area is 124 Å². The van der Waals surface area contributed by atoms with E-state index in [-0.39, 0.29) is 19.1 Å². The molecule has 2 amide bonds. The maximum absolute atomic E-state index is 12.4. The molecule has 1 N–H and O–H groups in total. The number of carboxylic acid groups (broad SMARTS) is 1. The number of hydrogen-bond acceptors (Lipinski definition) is 4. The van der Waals surface area contributed by atoms with Crippen molar-refractivity contribution in [3.8, 4) is 0 Å². The minimum absolute atomic E-state index is 0.236. The second-order valence-electron chi connectivity index (χ2n) is 4.43. The molecule has 7 nitrogen and oxygen atoms in total. The molecule has 7 heteroatoms. The zero-order chi connectivity index (χ0) is 15.7. The molecule has 0 aromatic carbocycles. The fraction of sp³-hybridized carbons (Fsp3) is 0.500. The van der Waals surface area contributed by atoms with Crippen LogP contribution in [0.4, 0.5) is 4.79 Å². The number of ether oxygens (including phenoxy) is 1. The van der Waals surface area contributed by atoms with Gasteiger partial charge in [0.05, 0.1) is 18.8 Å². The van der Waals surface area contributed by atoms with Gasteiger partial charge in [-0.2, -0.15) is 0 Å². The molecule has 1 rings (SSSR count). The Bertz CT molecular complexity index is 453. The smallest absolute Gasteiger partial charge is 0.323 e. The van der Waals surface area contributed by atoms with Crippen LogP contribution in [-0.2, 0) is 16.1 Å². The Morgan fingerprint density at radius 2 is 2.10 bits per heavy atom. The van der Waals surface area contributed by atoms with Gasteiger partial charge in [-0.25, -0.2) is 4.79 Å². The first-order valence-corrected chi connectivity index (χ1v) is 6.73. The molecule has 0 bridgehead atoms. The largest absolute Gasteiger partial charge is 0.480 e. The molecular weight excluding hydrogens is 274 g/mol. The number of nitrogens with zero attached hydrogens (tertiary/aromatic N) is 3. The summed E-state index contributed by atoms with van der Waals surface area (Å²) in [5.41, 5.74) is 0.759. The quantitative estimate of drug-likeness (QED) is 0.775.